The molecule has 11 N–H and O–H groups in total. The number of amides is 4. The zero-order valence-electron chi connectivity index (χ0n) is 16.4. The van der Waals surface area contributed by atoms with Crippen LogP contribution in [-0.4, -0.2) is 82.9 Å². The quantitative estimate of drug-likeness (QED) is 0.0866. The van der Waals surface area contributed by atoms with E-state index in [1.165, 1.54) is 0 Å². The standard InChI is InChI=1S/C16H30N6O7S/c17-4-2-1-3-9(16(28)29)20-14(26)10(5-12(19)24)21-15(27)11(6-23)22-13(25)8(18)7-30/h8-11,23,30H,1-7,17-18H2,(H2,19,24)(H,20,26)(H,21,27)(H,22,25)(H,28,29). The molecule has 0 fully saturated rings. The summed E-state index contributed by atoms with van der Waals surface area (Å²) in [5.74, 6) is -4.97. The number of unbranched alkanes of at least 4 members (excludes halogenated alkanes) is 1. The molecule has 0 rings (SSSR count). The number of nitrogens with two attached hydrogens (primary N) is 3. The Kier molecular flexibility index (Phi) is 13.4. The molecule has 0 aliphatic heterocycles. The van der Waals surface area contributed by atoms with Crippen LogP contribution < -0.4 is 33.2 Å². The van der Waals surface area contributed by atoms with Gasteiger partial charge in [0.05, 0.1) is 19.1 Å². The summed E-state index contributed by atoms with van der Waals surface area (Å²) in [4.78, 5) is 59.2. The number of aliphatic carboxylic acids is 1. The number of aliphatic hydroxyl groups is 1. The first-order valence-corrected chi connectivity index (χ1v) is 9.80. The first-order chi connectivity index (χ1) is 14.1. The van der Waals surface area contributed by atoms with Crippen molar-refractivity contribution in [1.29, 1.82) is 0 Å². The summed E-state index contributed by atoms with van der Waals surface area (Å²) in [6, 6.07) is -5.29. The van der Waals surface area contributed by atoms with Crippen molar-refractivity contribution in [2.45, 2.75) is 49.9 Å². The number of carboxylic acid groups (broad SMARTS) is 1. The van der Waals surface area contributed by atoms with Crippen molar-refractivity contribution < 1.29 is 34.2 Å². The molecule has 0 spiro atoms. The van der Waals surface area contributed by atoms with Gasteiger partial charge >= 0.3 is 5.97 Å². The highest BCUT2D eigenvalue weighted by atomic mass is 32.1. The molecule has 4 amide bonds. The molecule has 4 unspecified atom stereocenters. The lowest BCUT2D eigenvalue weighted by atomic mass is 10.1. The third-order valence-electron chi connectivity index (χ3n) is 3.95. The number of aliphatic hydroxyl groups excluding tert-OH is 1. The molecule has 13 nitrogen and oxygen atoms in total. The zero-order valence-corrected chi connectivity index (χ0v) is 17.3. The molecule has 0 saturated carbocycles. The van der Waals surface area contributed by atoms with Gasteiger partial charge in [-0.2, -0.15) is 12.6 Å². The molecule has 0 aromatic heterocycles. The van der Waals surface area contributed by atoms with Crippen molar-refractivity contribution in [3.63, 3.8) is 0 Å². The number of carbonyl (C=O) groups is 5. The highest BCUT2D eigenvalue weighted by molar-refractivity contribution is 7.80. The average molecular weight is 451 g/mol. The third-order valence-corrected chi connectivity index (χ3v) is 4.34. The van der Waals surface area contributed by atoms with E-state index in [1.54, 1.807) is 0 Å². The Morgan fingerprint density at radius 2 is 1.43 bits per heavy atom. The van der Waals surface area contributed by atoms with Crippen molar-refractivity contribution in [3.8, 4) is 0 Å². The number of hydrogen-bond acceptors (Lipinski definition) is 9. The van der Waals surface area contributed by atoms with Gasteiger partial charge in [0.2, 0.25) is 23.6 Å². The maximum Gasteiger partial charge on any atom is 0.326 e. The number of carbonyl (C=O) groups excluding carboxylic acids is 4. The van der Waals surface area contributed by atoms with Gasteiger partial charge in [-0.3, -0.25) is 19.2 Å². The second kappa shape index (κ2) is 14.5. The molecule has 0 aromatic carbocycles. The first kappa shape index (κ1) is 27.6. The normalized spacial score (nSPS) is 14.7. The Hall–Kier alpha value is -2.42. The third kappa shape index (κ3) is 10.4. The van der Waals surface area contributed by atoms with Crippen LogP contribution in [0.5, 0.6) is 0 Å². The zero-order chi connectivity index (χ0) is 23.3. The van der Waals surface area contributed by atoms with Gasteiger partial charge in [-0.25, -0.2) is 4.79 Å². The lowest BCUT2D eigenvalue weighted by Crippen LogP contribution is -2.58. The van der Waals surface area contributed by atoms with E-state index >= 15 is 0 Å². The fourth-order valence-corrected chi connectivity index (χ4v) is 2.43. The molecule has 0 aliphatic carbocycles. The summed E-state index contributed by atoms with van der Waals surface area (Å²) in [7, 11) is 0. The minimum atomic E-state index is -1.52. The van der Waals surface area contributed by atoms with Gasteiger partial charge in [-0.15, -0.1) is 0 Å². The van der Waals surface area contributed by atoms with Crippen LogP contribution in [0.1, 0.15) is 25.7 Å². The predicted octanol–water partition coefficient (Wildman–Crippen LogP) is -4.22. The number of hydrogen-bond donors (Lipinski definition) is 9. The lowest BCUT2D eigenvalue weighted by molar-refractivity contribution is -0.142. The minimum Gasteiger partial charge on any atom is -0.480 e. The number of thiol groups is 1. The Morgan fingerprint density at radius 3 is 1.90 bits per heavy atom. The molecule has 0 radical (unpaired) electrons. The monoisotopic (exact) mass is 450 g/mol. The molecular weight excluding hydrogens is 420 g/mol. The molecule has 0 heterocycles. The van der Waals surface area contributed by atoms with Gasteiger partial charge in [-0.05, 0) is 25.8 Å². The molecule has 0 bridgehead atoms. The van der Waals surface area contributed by atoms with Crippen molar-refractivity contribution in [2.75, 3.05) is 18.9 Å². The maximum atomic E-state index is 12.4. The first-order valence-electron chi connectivity index (χ1n) is 9.16. The van der Waals surface area contributed by atoms with Crippen molar-refractivity contribution >= 4 is 42.2 Å². The summed E-state index contributed by atoms with van der Waals surface area (Å²) < 4.78 is 0. The highest BCUT2D eigenvalue weighted by Gasteiger charge is 2.30. The number of rotatable bonds is 15. The number of nitrogens with one attached hydrogen (secondary N) is 3. The van der Waals surface area contributed by atoms with E-state index in [1.807, 2.05) is 0 Å². The molecule has 14 heteroatoms. The summed E-state index contributed by atoms with van der Waals surface area (Å²) in [5, 5.41) is 25.2. The van der Waals surface area contributed by atoms with Crippen LogP contribution in [0.4, 0.5) is 0 Å². The number of primary amides is 1. The Bertz CT molecular complexity index is 621. The largest absolute Gasteiger partial charge is 0.480 e. The molecule has 172 valence electrons. The van der Waals surface area contributed by atoms with Crippen molar-refractivity contribution in [3.05, 3.63) is 0 Å². The van der Waals surface area contributed by atoms with Gasteiger partial charge < -0.3 is 43.4 Å². The highest BCUT2D eigenvalue weighted by Crippen LogP contribution is 2.03. The van der Waals surface area contributed by atoms with Crippen LogP contribution in [-0.2, 0) is 24.0 Å². The smallest absolute Gasteiger partial charge is 0.326 e. The van der Waals surface area contributed by atoms with Gasteiger partial charge in [0.25, 0.3) is 0 Å². The second-order valence-electron chi connectivity index (χ2n) is 6.45. The summed E-state index contributed by atoms with van der Waals surface area (Å²) in [6.45, 7) is -0.468. The minimum absolute atomic E-state index is 0.0148. The van der Waals surface area contributed by atoms with E-state index in [0.29, 0.717) is 19.4 Å². The maximum absolute atomic E-state index is 12.4. The SMILES string of the molecule is NCCCCC(NC(=O)C(CC(N)=O)NC(=O)C(CO)NC(=O)C(N)CS)C(=O)O. The summed E-state index contributed by atoms with van der Waals surface area (Å²) >= 11 is 3.85. The van der Waals surface area contributed by atoms with Crippen LogP contribution in [0.2, 0.25) is 0 Å². The van der Waals surface area contributed by atoms with Gasteiger partial charge in [0, 0.05) is 5.75 Å². The van der Waals surface area contributed by atoms with E-state index in [4.69, 9.17) is 17.2 Å². The number of carboxylic acids is 1. The van der Waals surface area contributed by atoms with Gasteiger partial charge in [0.1, 0.15) is 18.1 Å². The Morgan fingerprint density at radius 1 is 0.900 bits per heavy atom. The van der Waals surface area contributed by atoms with Crippen LogP contribution in [0, 0.1) is 0 Å². The van der Waals surface area contributed by atoms with Gasteiger partial charge in [0.15, 0.2) is 0 Å². The molecule has 0 aliphatic rings. The predicted molar refractivity (Wildman–Crippen MR) is 109 cm³/mol. The van der Waals surface area contributed by atoms with Crippen LogP contribution >= 0.6 is 12.6 Å². The second-order valence-corrected chi connectivity index (χ2v) is 6.81. The molecule has 0 aromatic rings. The van der Waals surface area contributed by atoms with E-state index in [0.717, 1.165) is 0 Å². The lowest BCUT2D eigenvalue weighted by Gasteiger charge is -2.23. The van der Waals surface area contributed by atoms with Crippen LogP contribution in [0.3, 0.4) is 0 Å². The van der Waals surface area contributed by atoms with Crippen LogP contribution in [0.25, 0.3) is 0 Å². The molecule has 4 atom stereocenters. The van der Waals surface area contributed by atoms with Crippen molar-refractivity contribution in [2.24, 2.45) is 17.2 Å². The molecule has 0 saturated heterocycles. The fourth-order valence-electron chi connectivity index (χ4n) is 2.26. The molecular formula is C16H30N6O7S. The topological polar surface area (TPSA) is 240 Å². The fraction of sp³-hybridized carbons (Fsp3) is 0.688. The van der Waals surface area contributed by atoms with Crippen molar-refractivity contribution in [1.82, 2.24) is 16.0 Å². The van der Waals surface area contributed by atoms with E-state index < -0.39 is 66.8 Å². The summed E-state index contributed by atoms with van der Waals surface area (Å²) in [5.41, 5.74) is 15.9. The van der Waals surface area contributed by atoms with E-state index in [9.17, 15) is 34.2 Å². The average Bonchev–Trinajstić information content (AvgIpc) is 2.69. The Balaban J connectivity index is 5.20. The van der Waals surface area contributed by atoms with E-state index in [2.05, 4.69) is 28.6 Å². The molecule has 30 heavy (non-hydrogen) atoms. The summed E-state index contributed by atoms with van der Waals surface area (Å²) in [6.07, 6.45) is 0.444. The van der Waals surface area contributed by atoms with Gasteiger partial charge in [-0.1, -0.05) is 0 Å². The van der Waals surface area contributed by atoms with Crippen LogP contribution in [0.15, 0.2) is 0 Å². The van der Waals surface area contributed by atoms with E-state index in [-0.39, 0.29) is 12.2 Å². The Labute approximate surface area is 178 Å².